The van der Waals surface area contributed by atoms with Gasteiger partial charge in [-0.2, -0.15) is 0 Å². The maximum atomic E-state index is 12.5. The average molecular weight is 380 g/mol. The minimum atomic E-state index is 0.249. The summed E-state index contributed by atoms with van der Waals surface area (Å²) in [7, 11) is 0. The van der Waals surface area contributed by atoms with Crippen LogP contribution in [-0.4, -0.2) is 35.4 Å². The smallest absolute Gasteiger partial charge is 0.224 e. The first-order chi connectivity index (χ1) is 13.2. The van der Waals surface area contributed by atoms with Crippen LogP contribution < -0.4 is 5.32 Å². The van der Waals surface area contributed by atoms with Crippen LogP contribution in [0.2, 0.25) is 0 Å². The number of benzene rings is 2. The van der Waals surface area contributed by atoms with E-state index in [9.17, 15) is 4.79 Å². The summed E-state index contributed by atoms with van der Waals surface area (Å²) >= 11 is 1.80. The number of carbonyl (C=O) groups excluding carboxylic acids is 1. The molecule has 1 N–H and O–H groups in total. The number of aryl methyl sites for hydroxylation is 1. The van der Waals surface area contributed by atoms with Crippen molar-refractivity contribution in [1.82, 2.24) is 9.88 Å². The average Bonchev–Trinajstić information content (AvgIpc) is 3.14. The fraction of sp³-hybridized carbons (Fsp3) is 0.364. The Kier molecular flexibility index (Phi) is 5.39. The number of carbonyl (C=O) groups is 1. The van der Waals surface area contributed by atoms with Crippen molar-refractivity contribution in [2.75, 3.05) is 25.0 Å². The molecule has 1 amide bonds. The van der Waals surface area contributed by atoms with Gasteiger partial charge in [0.25, 0.3) is 0 Å². The van der Waals surface area contributed by atoms with Crippen LogP contribution in [-0.2, 0) is 4.79 Å². The molecule has 0 aliphatic carbocycles. The van der Waals surface area contributed by atoms with E-state index in [0.717, 1.165) is 37.1 Å². The van der Waals surface area contributed by atoms with E-state index >= 15 is 0 Å². The van der Waals surface area contributed by atoms with E-state index in [1.54, 1.807) is 11.3 Å². The van der Waals surface area contributed by atoms with Crippen LogP contribution in [0.25, 0.3) is 10.2 Å². The van der Waals surface area contributed by atoms with Crippen molar-refractivity contribution in [1.29, 1.82) is 0 Å². The quantitative estimate of drug-likeness (QED) is 0.692. The van der Waals surface area contributed by atoms with Gasteiger partial charge in [0.15, 0.2) is 0 Å². The summed E-state index contributed by atoms with van der Waals surface area (Å²) < 4.78 is 1.26. The van der Waals surface area contributed by atoms with Crippen LogP contribution >= 0.6 is 11.3 Å². The summed E-state index contributed by atoms with van der Waals surface area (Å²) in [5, 5.41) is 4.60. The van der Waals surface area contributed by atoms with Crippen molar-refractivity contribution < 1.29 is 4.79 Å². The summed E-state index contributed by atoms with van der Waals surface area (Å²) in [6.07, 6.45) is 2.56. The van der Waals surface area contributed by atoms with Crippen molar-refractivity contribution in [3.63, 3.8) is 0 Å². The zero-order valence-electron chi connectivity index (χ0n) is 15.6. The molecule has 1 aliphatic heterocycles. The number of amides is 1. The van der Waals surface area contributed by atoms with Gasteiger partial charge in [0, 0.05) is 37.7 Å². The van der Waals surface area contributed by atoms with Gasteiger partial charge in [-0.3, -0.25) is 4.79 Å². The first-order valence-electron chi connectivity index (χ1n) is 9.63. The summed E-state index contributed by atoms with van der Waals surface area (Å²) in [4.78, 5) is 19.4. The molecule has 0 unspecified atom stereocenters. The van der Waals surface area contributed by atoms with Gasteiger partial charge in [-0.1, -0.05) is 30.3 Å². The molecule has 0 spiro atoms. The van der Waals surface area contributed by atoms with Gasteiger partial charge in [-0.05, 0) is 43.5 Å². The number of aromatic nitrogens is 1. The van der Waals surface area contributed by atoms with Crippen molar-refractivity contribution in [3.8, 4) is 0 Å². The second-order valence-corrected chi connectivity index (χ2v) is 8.23. The Bertz CT molecular complexity index is 895. The molecule has 1 saturated heterocycles. The Labute approximate surface area is 164 Å². The summed E-state index contributed by atoms with van der Waals surface area (Å²) in [5.41, 5.74) is 3.42. The molecule has 0 atom stereocenters. The van der Waals surface area contributed by atoms with Crippen molar-refractivity contribution in [2.24, 2.45) is 0 Å². The van der Waals surface area contributed by atoms with Crippen molar-refractivity contribution in [2.45, 2.75) is 32.1 Å². The zero-order valence-corrected chi connectivity index (χ0v) is 16.5. The first kappa shape index (κ1) is 18.0. The number of hydrogen-bond donors (Lipinski definition) is 1. The van der Waals surface area contributed by atoms with E-state index in [1.807, 2.05) is 23.1 Å². The first-order valence-corrected chi connectivity index (χ1v) is 10.4. The van der Waals surface area contributed by atoms with Gasteiger partial charge in [0.1, 0.15) is 0 Å². The molecule has 3 aromatic rings. The second-order valence-electron chi connectivity index (χ2n) is 7.17. The predicted octanol–water partition coefficient (Wildman–Crippen LogP) is 4.81. The second kappa shape index (κ2) is 8.09. The van der Waals surface area contributed by atoms with Crippen LogP contribution in [0.5, 0.6) is 0 Å². The highest BCUT2D eigenvalue weighted by atomic mass is 32.1. The van der Waals surface area contributed by atoms with Gasteiger partial charge in [0.05, 0.1) is 15.2 Å². The third kappa shape index (κ3) is 4.14. The number of piperidine rings is 1. The lowest BCUT2D eigenvalue weighted by Gasteiger charge is -2.31. The molecule has 0 saturated carbocycles. The Balaban J connectivity index is 1.27. The van der Waals surface area contributed by atoms with Crippen molar-refractivity contribution in [3.05, 3.63) is 59.1 Å². The number of rotatable bonds is 5. The van der Waals surface area contributed by atoms with E-state index in [2.05, 4.69) is 42.6 Å². The molecule has 4 rings (SSSR count). The molecule has 5 heteroatoms. The fourth-order valence-corrected chi connectivity index (χ4v) is 4.81. The maximum absolute atomic E-state index is 12.5. The molecule has 140 valence electrons. The van der Waals surface area contributed by atoms with Crippen LogP contribution in [0.4, 0.5) is 5.69 Å². The van der Waals surface area contributed by atoms with Gasteiger partial charge in [-0.25, -0.2) is 4.98 Å². The Morgan fingerprint density at radius 2 is 1.89 bits per heavy atom. The Morgan fingerprint density at radius 1 is 1.15 bits per heavy atom. The number of likely N-dealkylation sites (tertiary alicyclic amines) is 1. The highest BCUT2D eigenvalue weighted by Gasteiger charge is 2.25. The van der Waals surface area contributed by atoms with E-state index in [-0.39, 0.29) is 5.91 Å². The van der Waals surface area contributed by atoms with Crippen LogP contribution in [0.15, 0.2) is 48.5 Å². The van der Waals surface area contributed by atoms with Gasteiger partial charge in [0.2, 0.25) is 5.91 Å². The molecule has 4 nitrogen and oxygen atoms in total. The Hall–Kier alpha value is -2.40. The molecule has 1 fully saturated rings. The van der Waals surface area contributed by atoms with Crippen LogP contribution in [0.3, 0.4) is 0 Å². The number of nitrogens with one attached hydrogen (secondary N) is 1. The van der Waals surface area contributed by atoms with E-state index in [0.29, 0.717) is 18.9 Å². The molecule has 1 aliphatic rings. The third-order valence-electron chi connectivity index (χ3n) is 5.31. The van der Waals surface area contributed by atoms with Gasteiger partial charge in [-0.15, -0.1) is 11.3 Å². The molecule has 1 aromatic heterocycles. The van der Waals surface area contributed by atoms with E-state index in [1.165, 1.54) is 15.3 Å². The number of para-hydroxylation sites is 2. The Morgan fingerprint density at radius 3 is 2.67 bits per heavy atom. The van der Waals surface area contributed by atoms with Gasteiger partial charge >= 0.3 is 0 Å². The topological polar surface area (TPSA) is 45.2 Å². The lowest BCUT2D eigenvalue weighted by atomic mass is 9.97. The number of thiazole rings is 1. The lowest BCUT2D eigenvalue weighted by Crippen LogP contribution is -2.38. The minimum absolute atomic E-state index is 0.249. The minimum Gasteiger partial charge on any atom is -0.384 e. The number of fused-ring (bicyclic) bond motifs is 1. The number of hydrogen-bond acceptors (Lipinski definition) is 4. The monoisotopic (exact) mass is 379 g/mol. The summed E-state index contributed by atoms with van der Waals surface area (Å²) in [6, 6.07) is 16.5. The van der Waals surface area contributed by atoms with Gasteiger partial charge < -0.3 is 10.2 Å². The van der Waals surface area contributed by atoms with E-state index in [4.69, 9.17) is 4.98 Å². The highest BCUT2D eigenvalue weighted by Crippen LogP contribution is 2.33. The maximum Gasteiger partial charge on any atom is 0.224 e. The molecular weight excluding hydrogens is 354 g/mol. The number of nitrogens with zero attached hydrogens (tertiary/aromatic N) is 2. The van der Waals surface area contributed by atoms with Crippen LogP contribution in [0.1, 0.15) is 35.8 Å². The lowest BCUT2D eigenvalue weighted by molar-refractivity contribution is -0.131. The molecule has 2 heterocycles. The van der Waals surface area contributed by atoms with Crippen molar-refractivity contribution >= 4 is 33.1 Å². The highest BCUT2D eigenvalue weighted by molar-refractivity contribution is 7.18. The zero-order chi connectivity index (χ0) is 18.6. The fourth-order valence-electron chi connectivity index (χ4n) is 3.67. The van der Waals surface area contributed by atoms with Crippen LogP contribution in [0, 0.1) is 6.92 Å². The largest absolute Gasteiger partial charge is 0.384 e. The normalized spacial score (nSPS) is 15.2. The standard InChI is InChI=1S/C22H25N3OS/c1-16-6-2-3-7-18(16)23-13-10-21(26)25-14-11-17(12-15-25)22-24-19-8-4-5-9-20(19)27-22/h2-9,17,23H,10-15H2,1H3. The SMILES string of the molecule is Cc1ccccc1NCCC(=O)N1CCC(c2nc3ccccc3s2)CC1. The molecular formula is C22H25N3OS. The third-order valence-corrected chi connectivity index (χ3v) is 6.51. The predicted molar refractivity (Wildman–Crippen MR) is 112 cm³/mol. The molecule has 27 heavy (non-hydrogen) atoms. The molecule has 0 radical (unpaired) electrons. The van der Waals surface area contributed by atoms with E-state index < -0.39 is 0 Å². The summed E-state index contributed by atoms with van der Waals surface area (Å²) in [5.74, 6) is 0.732. The molecule has 2 aromatic carbocycles. The summed E-state index contributed by atoms with van der Waals surface area (Å²) in [6.45, 7) is 4.44. The number of anilines is 1. The molecule has 0 bridgehead atoms.